The van der Waals surface area contributed by atoms with Gasteiger partial charge in [-0.2, -0.15) is 5.10 Å². The molecule has 9 nitrogen and oxygen atoms in total. The minimum absolute atomic E-state index is 0.202. The van der Waals surface area contributed by atoms with Gasteiger partial charge in [-0.1, -0.05) is 0 Å². The van der Waals surface area contributed by atoms with Crippen molar-refractivity contribution in [2.45, 2.75) is 32.2 Å². The van der Waals surface area contributed by atoms with Crippen molar-refractivity contribution in [2.75, 3.05) is 13.2 Å². The molecule has 6 bridgehead atoms. The van der Waals surface area contributed by atoms with Crippen molar-refractivity contribution >= 4 is 17.1 Å². The number of rotatable bonds is 0. The van der Waals surface area contributed by atoms with Crippen LogP contribution in [0.3, 0.4) is 0 Å². The molecule has 158 valence electrons. The van der Waals surface area contributed by atoms with Gasteiger partial charge in [0.2, 0.25) is 0 Å². The van der Waals surface area contributed by atoms with Gasteiger partial charge in [0.15, 0.2) is 5.65 Å². The first-order valence-electron chi connectivity index (χ1n) is 10.3. The molecule has 1 aromatic carbocycles. The Bertz CT molecular complexity index is 1200. The van der Waals surface area contributed by atoms with Gasteiger partial charge in [-0.05, 0) is 36.2 Å². The van der Waals surface area contributed by atoms with E-state index < -0.39 is 0 Å². The fourth-order valence-corrected chi connectivity index (χ4v) is 3.52. The second-order valence-electron chi connectivity index (χ2n) is 7.42. The Balaban J connectivity index is 1.45. The van der Waals surface area contributed by atoms with Crippen LogP contribution in [0, 0.1) is 0 Å². The first-order valence-corrected chi connectivity index (χ1v) is 10.3. The molecule has 2 aliphatic rings. The normalized spacial score (nSPS) is 15.4. The zero-order valence-electron chi connectivity index (χ0n) is 17.0. The van der Waals surface area contributed by atoms with E-state index in [0.29, 0.717) is 51.3 Å². The Morgan fingerprint density at radius 1 is 0.968 bits per heavy atom. The summed E-state index contributed by atoms with van der Waals surface area (Å²) < 4.78 is 14.8. The van der Waals surface area contributed by atoms with Gasteiger partial charge < -0.3 is 9.47 Å². The molecule has 5 heterocycles. The van der Waals surface area contributed by atoms with E-state index in [4.69, 9.17) is 14.5 Å². The summed E-state index contributed by atoms with van der Waals surface area (Å²) in [5, 5.41) is 4.39. The van der Waals surface area contributed by atoms with E-state index >= 15 is 0 Å². The van der Waals surface area contributed by atoms with Crippen LogP contribution in [0.4, 0.5) is 0 Å². The predicted molar refractivity (Wildman–Crippen MR) is 112 cm³/mol. The summed E-state index contributed by atoms with van der Waals surface area (Å²) in [6.45, 7) is 1.51. The lowest BCUT2D eigenvalue weighted by atomic mass is 10.2. The highest BCUT2D eigenvalue weighted by molar-refractivity contribution is 5.72. The summed E-state index contributed by atoms with van der Waals surface area (Å²) in [4.78, 5) is 25.5. The maximum atomic E-state index is 11.9. The molecule has 0 spiro atoms. The number of carbonyl (C=O) groups excluding carboxylic acids is 1. The molecule has 4 aromatic rings. The summed E-state index contributed by atoms with van der Waals surface area (Å²) >= 11 is 0. The lowest BCUT2D eigenvalue weighted by Crippen LogP contribution is -2.10. The highest BCUT2D eigenvalue weighted by atomic mass is 16.5. The molecular weight excluding hydrogens is 396 g/mol. The van der Waals surface area contributed by atoms with Gasteiger partial charge in [-0.15, -0.1) is 0 Å². The number of nitrogens with zero attached hydrogens (tertiary/aromatic N) is 6. The van der Waals surface area contributed by atoms with E-state index in [2.05, 4.69) is 15.1 Å². The second-order valence-corrected chi connectivity index (χ2v) is 7.42. The standard InChI is InChI=1S/C22H22N6O3/c29-21-3-1-9-30-18-6-4-17(5-7-18)28-15-24-19-13-23-20(26-22(19)28)11-16-12-25-27(14-16)8-2-10-31-21/h4-7,12-15H,1-3,8-11H2. The van der Waals surface area contributed by atoms with E-state index in [-0.39, 0.29) is 5.97 Å². The number of aryl methyl sites for hydroxylation is 1. The SMILES string of the molecule is O=C1CCCOc2ccc(cc2)-n2cnc3cnc(nc32)Cc2cnn(c2)CCCO1. The van der Waals surface area contributed by atoms with Crippen LogP contribution in [-0.4, -0.2) is 48.5 Å². The monoisotopic (exact) mass is 418 g/mol. The number of imidazole rings is 1. The number of hydrogen-bond donors (Lipinski definition) is 0. The molecule has 0 amide bonds. The molecule has 2 aliphatic heterocycles. The first-order chi connectivity index (χ1) is 15.2. The van der Waals surface area contributed by atoms with Crippen molar-refractivity contribution in [1.82, 2.24) is 29.3 Å². The molecule has 9 heteroatoms. The van der Waals surface area contributed by atoms with E-state index in [1.165, 1.54) is 0 Å². The molecule has 0 radical (unpaired) electrons. The molecule has 0 aliphatic carbocycles. The predicted octanol–water partition coefficient (Wildman–Crippen LogP) is 2.71. The fourth-order valence-electron chi connectivity index (χ4n) is 3.52. The lowest BCUT2D eigenvalue weighted by molar-refractivity contribution is -0.144. The quantitative estimate of drug-likeness (QED) is 0.405. The second kappa shape index (κ2) is 8.55. The van der Waals surface area contributed by atoms with Gasteiger partial charge >= 0.3 is 5.97 Å². The van der Waals surface area contributed by atoms with Crippen molar-refractivity contribution in [3.63, 3.8) is 0 Å². The average molecular weight is 418 g/mol. The third kappa shape index (κ3) is 4.40. The van der Waals surface area contributed by atoms with E-state index in [0.717, 1.165) is 28.2 Å². The van der Waals surface area contributed by atoms with Gasteiger partial charge in [0.05, 0.1) is 25.6 Å². The maximum absolute atomic E-state index is 11.9. The number of aromatic nitrogens is 6. The summed E-state index contributed by atoms with van der Waals surface area (Å²) in [5.74, 6) is 1.25. The largest absolute Gasteiger partial charge is 0.494 e. The number of hydrogen-bond acceptors (Lipinski definition) is 7. The van der Waals surface area contributed by atoms with Gasteiger partial charge in [-0.3, -0.25) is 14.0 Å². The highest BCUT2D eigenvalue weighted by Gasteiger charge is 2.11. The number of benzene rings is 1. The minimum Gasteiger partial charge on any atom is -0.494 e. The molecule has 3 aromatic heterocycles. The van der Waals surface area contributed by atoms with Crippen molar-refractivity contribution in [1.29, 1.82) is 0 Å². The van der Waals surface area contributed by atoms with Crippen LogP contribution >= 0.6 is 0 Å². The summed E-state index contributed by atoms with van der Waals surface area (Å²) in [6.07, 6.45) is 9.52. The number of carbonyl (C=O) groups is 1. The molecule has 0 saturated heterocycles. The average Bonchev–Trinajstić information content (AvgIpc) is 3.41. The molecule has 6 rings (SSSR count). The number of esters is 1. The highest BCUT2D eigenvalue weighted by Crippen LogP contribution is 2.20. The Morgan fingerprint density at radius 2 is 1.84 bits per heavy atom. The summed E-state index contributed by atoms with van der Waals surface area (Å²) in [7, 11) is 0. The summed E-state index contributed by atoms with van der Waals surface area (Å²) in [5.41, 5.74) is 3.45. The Kier molecular flexibility index (Phi) is 5.30. The van der Waals surface area contributed by atoms with Crippen LogP contribution in [0.25, 0.3) is 16.9 Å². The van der Waals surface area contributed by atoms with Crippen LogP contribution < -0.4 is 4.74 Å². The minimum atomic E-state index is -0.202. The zero-order valence-corrected chi connectivity index (χ0v) is 17.0. The third-order valence-electron chi connectivity index (χ3n) is 5.09. The molecule has 31 heavy (non-hydrogen) atoms. The Hall–Kier alpha value is -3.75. The Morgan fingerprint density at radius 3 is 2.74 bits per heavy atom. The Labute approximate surface area is 178 Å². The van der Waals surface area contributed by atoms with Crippen molar-refractivity contribution in [2.24, 2.45) is 0 Å². The summed E-state index contributed by atoms with van der Waals surface area (Å²) in [6, 6.07) is 7.72. The van der Waals surface area contributed by atoms with Gasteiger partial charge in [0, 0.05) is 37.7 Å². The van der Waals surface area contributed by atoms with E-state index in [1.54, 1.807) is 12.5 Å². The smallest absolute Gasteiger partial charge is 0.305 e. The fraction of sp³-hybridized carbons (Fsp3) is 0.318. The topological polar surface area (TPSA) is 97.0 Å². The molecule has 0 fully saturated rings. The van der Waals surface area contributed by atoms with Crippen LogP contribution in [0.2, 0.25) is 0 Å². The maximum Gasteiger partial charge on any atom is 0.305 e. The lowest BCUT2D eigenvalue weighted by Gasteiger charge is -2.09. The third-order valence-corrected chi connectivity index (χ3v) is 5.09. The van der Waals surface area contributed by atoms with Crippen LogP contribution in [0.5, 0.6) is 5.75 Å². The van der Waals surface area contributed by atoms with Crippen molar-refractivity contribution in [3.8, 4) is 11.4 Å². The van der Waals surface area contributed by atoms with Crippen LogP contribution in [0.15, 0.2) is 49.2 Å². The van der Waals surface area contributed by atoms with Crippen molar-refractivity contribution in [3.05, 3.63) is 60.6 Å². The van der Waals surface area contributed by atoms with Gasteiger partial charge in [0.25, 0.3) is 0 Å². The van der Waals surface area contributed by atoms with Crippen LogP contribution in [-0.2, 0) is 22.5 Å². The molecule has 0 saturated carbocycles. The first kappa shape index (κ1) is 19.2. The van der Waals surface area contributed by atoms with Crippen molar-refractivity contribution < 1.29 is 14.3 Å². The van der Waals surface area contributed by atoms with E-state index in [1.807, 2.05) is 45.9 Å². The van der Waals surface area contributed by atoms with Crippen LogP contribution in [0.1, 0.15) is 30.7 Å². The molecule has 0 unspecified atom stereocenters. The zero-order chi connectivity index (χ0) is 21.0. The molecular formula is C22H22N6O3. The molecule has 0 atom stereocenters. The van der Waals surface area contributed by atoms with Gasteiger partial charge in [-0.25, -0.2) is 15.0 Å². The molecule has 0 N–H and O–H groups in total. The number of ether oxygens (including phenoxy) is 2. The van der Waals surface area contributed by atoms with E-state index in [9.17, 15) is 4.79 Å². The number of fused-ring (bicyclic) bond motifs is 10. The van der Waals surface area contributed by atoms with Gasteiger partial charge in [0.1, 0.15) is 23.4 Å².